The molecule has 1 N–H and O–H groups in total. The number of benzene rings is 1. The highest BCUT2D eigenvalue weighted by atomic mass is 16.5. The minimum Gasteiger partial charge on any atom is -0.383 e. The lowest BCUT2D eigenvalue weighted by atomic mass is 10.1. The third-order valence-electron chi connectivity index (χ3n) is 4.84. The number of amides is 2. The molecule has 1 heterocycles. The summed E-state index contributed by atoms with van der Waals surface area (Å²) in [5.74, 6) is -0.317. The van der Waals surface area contributed by atoms with Crippen molar-refractivity contribution < 1.29 is 14.3 Å². The molecular weight excluding hydrogens is 292 g/mol. The smallest absolute Gasteiger partial charge is 0.229 e. The zero-order valence-electron chi connectivity index (χ0n) is 13.8. The summed E-state index contributed by atoms with van der Waals surface area (Å²) in [4.78, 5) is 26.3. The first kappa shape index (κ1) is 16.0. The predicted molar refractivity (Wildman–Crippen MR) is 88.3 cm³/mol. The van der Waals surface area contributed by atoms with Crippen molar-refractivity contribution in [3.05, 3.63) is 29.3 Å². The van der Waals surface area contributed by atoms with Gasteiger partial charge in [0.25, 0.3) is 0 Å². The number of anilines is 1. The van der Waals surface area contributed by atoms with Gasteiger partial charge in [-0.1, -0.05) is 6.07 Å². The van der Waals surface area contributed by atoms with Crippen LogP contribution in [0.4, 0.5) is 5.69 Å². The van der Waals surface area contributed by atoms with Crippen LogP contribution in [0.5, 0.6) is 0 Å². The maximum Gasteiger partial charge on any atom is 0.229 e. The van der Waals surface area contributed by atoms with Crippen LogP contribution in [0.25, 0.3) is 0 Å². The monoisotopic (exact) mass is 316 g/mol. The van der Waals surface area contributed by atoms with Gasteiger partial charge >= 0.3 is 0 Å². The van der Waals surface area contributed by atoms with Crippen molar-refractivity contribution >= 4 is 17.5 Å². The second-order valence-electron chi connectivity index (χ2n) is 6.58. The fraction of sp³-hybridized carbons (Fsp3) is 0.556. The molecule has 2 amide bonds. The van der Waals surface area contributed by atoms with Gasteiger partial charge in [0, 0.05) is 25.8 Å². The van der Waals surface area contributed by atoms with Crippen LogP contribution in [-0.2, 0) is 27.2 Å². The van der Waals surface area contributed by atoms with Crippen molar-refractivity contribution in [3.8, 4) is 0 Å². The molecule has 1 aromatic carbocycles. The standard InChI is InChI=1S/C18H24N2O3/c1-12(11-23-2)20-10-15(9-17(20)21)18(22)19-16-7-6-13-4-3-5-14(13)8-16/h6-8,12,15H,3-5,9-11H2,1-2H3,(H,19,22)/t12-,15-/m1/s1. The SMILES string of the molecule is COC[C@@H](C)N1C[C@H](C(=O)Nc2ccc3c(c2)CCC3)CC1=O. The highest BCUT2D eigenvalue weighted by molar-refractivity contribution is 5.97. The Morgan fingerprint density at radius 1 is 1.39 bits per heavy atom. The van der Waals surface area contributed by atoms with Crippen molar-refractivity contribution in [2.75, 3.05) is 25.6 Å². The molecule has 0 spiro atoms. The quantitative estimate of drug-likeness (QED) is 0.904. The molecule has 5 nitrogen and oxygen atoms in total. The van der Waals surface area contributed by atoms with E-state index in [1.54, 1.807) is 12.0 Å². The molecule has 0 bridgehead atoms. The van der Waals surface area contributed by atoms with Crippen LogP contribution in [0.3, 0.4) is 0 Å². The van der Waals surface area contributed by atoms with Gasteiger partial charge in [-0.05, 0) is 49.4 Å². The van der Waals surface area contributed by atoms with Crippen LogP contribution >= 0.6 is 0 Å². The van der Waals surface area contributed by atoms with E-state index in [1.807, 2.05) is 13.0 Å². The molecule has 2 aliphatic rings. The molecule has 0 aromatic heterocycles. The molecule has 5 heteroatoms. The lowest BCUT2D eigenvalue weighted by molar-refractivity contribution is -0.130. The fourth-order valence-corrected chi connectivity index (χ4v) is 3.56. The van der Waals surface area contributed by atoms with E-state index >= 15 is 0 Å². The summed E-state index contributed by atoms with van der Waals surface area (Å²) in [6.45, 7) is 2.91. The van der Waals surface area contributed by atoms with Crippen LogP contribution in [0.1, 0.15) is 30.9 Å². The number of nitrogens with one attached hydrogen (secondary N) is 1. The lowest BCUT2D eigenvalue weighted by Gasteiger charge is -2.23. The van der Waals surface area contributed by atoms with E-state index in [-0.39, 0.29) is 30.2 Å². The van der Waals surface area contributed by atoms with Crippen LogP contribution in [-0.4, -0.2) is 43.0 Å². The minimum atomic E-state index is -0.282. The van der Waals surface area contributed by atoms with E-state index < -0.39 is 0 Å². The number of nitrogens with zero attached hydrogens (tertiary/aromatic N) is 1. The molecule has 2 atom stereocenters. The Balaban J connectivity index is 1.62. The number of carbonyl (C=O) groups excluding carboxylic acids is 2. The number of likely N-dealkylation sites (tertiary alicyclic amines) is 1. The number of fused-ring (bicyclic) bond motifs is 1. The number of carbonyl (C=O) groups is 2. The fourth-order valence-electron chi connectivity index (χ4n) is 3.56. The Morgan fingerprint density at radius 3 is 2.96 bits per heavy atom. The third kappa shape index (κ3) is 3.39. The van der Waals surface area contributed by atoms with E-state index in [9.17, 15) is 9.59 Å². The first-order valence-electron chi connectivity index (χ1n) is 8.29. The second kappa shape index (κ2) is 6.71. The molecule has 1 fully saturated rings. The molecule has 3 rings (SSSR count). The zero-order valence-corrected chi connectivity index (χ0v) is 13.8. The number of rotatable bonds is 5. The van der Waals surface area contributed by atoms with Gasteiger partial charge in [-0.25, -0.2) is 0 Å². The molecule has 0 unspecified atom stereocenters. The summed E-state index contributed by atoms with van der Waals surface area (Å²) in [6, 6.07) is 6.14. The Labute approximate surface area is 137 Å². The van der Waals surface area contributed by atoms with Crippen molar-refractivity contribution in [2.45, 2.75) is 38.6 Å². The lowest BCUT2D eigenvalue weighted by Crippen LogP contribution is -2.38. The third-order valence-corrected chi connectivity index (χ3v) is 4.84. The molecule has 23 heavy (non-hydrogen) atoms. The number of hydrogen-bond donors (Lipinski definition) is 1. The summed E-state index contributed by atoms with van der Waals surface area (Å²) >= 11 is 0. The van der Waals surface area contributed by atoms with Crippen molar-refractivity contribution in [3.63, 3.8) is 0 Å². The van der Waals surface area contributed by atoms with Gasteiger partial charge in [0.15, 0.2) is 0 Å². The molecule has 1 saturated heterocycles. The summed E-state index contributed by atoms with van der Waals surface area (Å²) in [5, 5.41) is 2.98. The van der Waals surface area contributed by atoms with E-state index in [2.05, 4.69) is 17.4 Å². The van der Waals surface area contributed by atoms with Crippen LogP contribution < -0.4 is 5.32 Å². The first-order chi connectivity index (χ1) is 11.1. The van der Waals surface area contributed by atoms with Crippen LogP contribution in [0.2, 0.25) is 0 Å². The predicted octanol–water partition coefficient (Wildman–Crippen LogP) is 2.00. The Hall–Kier alpha value is -1.88. The van der Waals surface area contributed by atoms with Crippen LogP contribution in [0, 0.1) is 5.92 Å². The molecule has 1 aliphatic heterocycles. The second-order valence-corrected chi connectivity index (χ2v) is 6.58. The van der Waals surface area contributed by atoms with Gasteiger partial charge in [0.2, 0.25) is 11.8 Å². The van der Waals surface area contributed by atoms with Gasteiger partial charge in [-0.3, -0.25) is 9.59 Å². The number of hydrogen-bond acceptors (Lipinski definition) is 3. The zero-order chi connectivity index (χ0) is 16.4. The average molecular weight is 316 g/mol. The number of aryl methyl sites for hydroxylation is 2. The summed E-state index contributed by atoms with van der Waals surface area (Å²) in [6.07, 6.45) is 3.69. The Kier molecular flexibility index (Phi) is 4.66. The molecule has 0 saturated carbocycles. The molecular formula is C18H24N2O3. The van der Waals surface area contributed by atoms with E-state index in [4.69, 9.17) is 4.74 Å². The average Bonchev–Trinajstić information content (AvgIpc) is 3.13. The van der Waals surface area contributed by atoms with Gasteiger partial charge in [-0.15, -0.1) is 0 Å². The van der Waals surface area contributed by atoms with Crippen LogP contribution in [0.15, 0.2) is 18.2 Å². The van der Waals surface area contributed by atoms with E-state index in [0.717, 1.165) is 18.5 Å². The molecule has 1 aromatic rings. The van der Waals surface area contributed by atoms with Gasteiger partial charge < -0.3 is 15.0 Å². The topological polar surface area (TPSA) is 58.6 Å². The van der Waals surface area contributed by atoms with Gasteiger partial charge in [0.05, 0.1) is 18.6 Å². The summed E-state index contributed by atoms with van der Waals surface area (Å²) < 4.78 is 5.10. The van der Waals surface area contributed by atoms with Crippen molar-refractivity contribution in [2.24, 2.45) is 5.92 Å². The number of ether oxygens (including phenoxy) is 1. The normalized spacial score (nSPS) is 21.4. The van der Waals surface area contributed by atoms with Crippen molar-refractivity contribution in [1.82, 2.24) is 4.90 Å². The minimum absolute atomic E-state index is 0.00490. The largest absolute Gasteiger partial charge is 0.383 e. The van der Waals surface area contributed by atoms with Crippen molar-refractivity contribution in [1.29, 1.82) is 0 Å². The van der Waals surface area contributed by atoms with E-state index in [1.165, 1.54) is 17.5 Å². The maximum absolute atomic E-state index is 12.5. The molecule has 124 valence electrons. The Morgan fingerprint density at radius 2 is 2.17 bits per heavy atom. The summed E-state index contributed by atoms with van der Waals surface area (Å²) in [5.41, 5.74) is 3.56. The molecule has 1 aliphatic carbocycles. The maximum atomic E-state index is 12.5. The number of methoxy groups -OCH3 is 1. The molecule has 0 radical (unpaired) electrons. The van der Waals surface area contributed by atoms with Gasteiger partial charge in [0.1, 0.15) is 0 Å². The Bertz CT molecular complexity index is 614. The van der Waals surface area contributed by atoms with E-state index in [0.29, 0.717) is 13.2 Å². The first-order valence-corrected chi connectivity index (χ1v) is 8.29. The highest BCUT2D eigenvalue weighted by Gasteiger charge is 2.36. The highest BCUT2D eigenvalue weighted by Crippen LogP contribution is 2.26. The summed E-state index contributed by atoms with van der Waals surface area (Å²) in [7, 11) is 1.62. The van der Waals surface area contributed by atoms with Gasteiger partial charge in [-0.2, -0.15) is 0 Å².